The highest BCUT2D eigenvalue weighted by Crippen LogP contribution is 2.29. The molecule has 1 aromatic rings. The summed E-state index contributed by atoms with van der Waals surface area (Å²) in [5, 5.41) is 2.89. The van der Waals surface area contributed by atoms with Crippen LogP contribution in [0.5, 0.6) is 5.75 Å². The highest BCUT2D eigenvalue weighted by molar-refractivity contribution is 5.79. The summed E-state index contributed by atoms with van der Waals surface area (Å²) < 4.78 is 15.7. The second-order valence-electron chi connectivity index (χ2n) is 7.67. The van der Waals surface area contributed by atoms with Crippen LogP contribution in [0.1, 0.15) is 38.7 Å². The number of nitrogens with zero attached hydrogens (tertiary/aromatic N) is 1. The van der Waals surface area contributed by atoms with Crippen molar-refractivity contribution in [3.05, 3.63) is 29.8 Å². The molecule has 1 heterocycles. The van der Waals surface area contributed by atoms with Gasteiger partial charge in [0, 0.05) is 38.6 Å². The summed E-state index contributed by atoms with van der Waals surface area (Å²) in [4.78, 5) is 26.6. The van der Waals surface area contributed by atoms with E-state index in [0.717, 1.165) is 11.3 Å². The number of hydrogen-bond acceptors (Lipinski definition) is 5. The van der Waals surface area contributed by atoms with Gasteiger partial charge >= 0.3 is 6.09 Å². The molecule has 0 bridgehead atoms. The lowest BCUT2D eigenvalue weighted by Gasteiger charge is -2.39. The zero-order chi connectivity index (χ0) is 20.0. The van der Waals surface area contributed by atoms with Crippen LogP contribution in [0, 0.1) is 0 Å². The van der Waals surface area contributed by atoms with E-state index in [9.17, 15) is 9.59 Å². The van der Waals surface area contributed by atoms with Gasteiger partial charge in [0.2, 0.25) is 5.91 Å². The molecule has 2 amide bonds. The maximum absolute atomic E-state index is 12.5. The first kappa shape index (κ1) is 21.0. The van der Waals surface area contributed by atoms with Crippen LogP contribution in [-0.4, -0.2) is 62.5 Å². The van der Waals surface area contributed by atoms with Crippen molar-refractivity contribution >= 4 is 12.0 Å². The Labute approximate surface area is 161 Å². The van der Waals surface area contributed by atoms with E-state index in [1.54, 1.807) is 19.1 Å². The van der Waals surface area contributed by atoms with Crippen molar-refractivity contribution < 1.29 is 23.8 Å². The molecule has 0 spiro atoms. The summed E-state index contributed by atoms with van der Waals surface area (Å²) in [5.41, 5.74) is 0.440. The van der Waals surface area contributed by atoms with Crippen LogP contribution < -0.4 is 10.1 Å². The van der Waals surface area contributed by atoms with E-state index in [2.05, 4.69) is 5.32 Å². The number of benzene rings is 1. The van der Waals surface area contributed by atoms with Gasteiger partial charge in [-0.05, 0) is 38.5 Å². The molecule has 7 nitrogen and oxygen atoms in total. The van der Waals surface area contributed by atoms with E-state index in [4.69, 9.17) is 14.2 Å². The van der Waals surface area contributed by atoms with Gasteiger partial charge in [0.1, 0.15) is 11.4 Å². The lowest BCUT2D eigenvalue weighted by Crippen LogP contribution is -2.53. The highest BCUT2D eigenvalue weighted by atomic mass is 16.6. The summed E-state index contributed by atoms with van der Waals surface area (Å²) in [6.07, 6.45) is -0.288. The Balaban J connectivity index is 2.19. The first-order valence-electron chi connectivity index (χ1n) is 9.13. The topological polar surface area (TPSA) is 77.1 Å². The van der Waals surface area contributed by atoms with Crippen molar-refractivity contribution in [3.63, 3.8) is 0 Å². The Morgan fingerprint density at radius 3 is 2.44 bits per heavy atom. The molecular weight excluding hydrogens is 348 g/mol. The number of hydrogen-bond donors (Lipinski definition) is 1. The lowest BCUT2D eigenvalue weighted by atomic mass is 9.85. The molecule has 0 saturated carbocycles. The standard InChI is InChI=1S/C20H30N2O5/c1-20(2,3)27-19(24)21-17-12-18(23)22(10-11-25-4)13-16(17)14-6-8-15(26-5)9-7-14/h6-9,16-17H,10-13H2,1-5H3,(H,21,24). The first-order valence-corrected chi connectivity index (χ1v) is 9.13. The zero-order valence-electron chi connectivity index (χ0n) is 16.8. The summed E-state index contributed by atoms with van der Waals surface area (Å²) in [6, 6.07) is 7.38. The van der Waals surface area contributed by atoms with Crippen LogP contribution in [0.3, 0.4) is 0 Å². The second-order valence-corrected chi connectivity index (χ2v) is 7.67. The third kappa shape index (κ3) is 6.13. The zero-order valence-corrected chi connectivity index (χ0v) is 16.8. The number of carbonyl (C=O) groups is 2. The summed E-state index contributed by atoms with van der Waals surface area (Å²) >= 11 is 0. The van der Waals surface area contributed by atoms with Gasteiger partial charge in [-0.3, -0.25) is 4.79 Å². The van der Waals surface area contributed by atoms with E-state index in [0.29, 0.717) is 19.7 Å². The first-order chi connectivity index (χ1) is 12.7. The number of carbonyl (C=O) groups excluding carboxylic acids is 2. The van der Waals surface area contributed by atoms with Gasteiger partial charge in [-0.15, -0.1) is 0 Å². The number of rotatable bonds is 6. The number of ether oxygens (including phenoxy) is 3. The number of alkyl carbamates (subject to hydrolysis) is 1. The largest absolute Gasteiger partial charge is 0.497 e. The molecule has 1 N–H and O–H groups in total. The monoisotopic (exact) mass is 378 g/mol. The number of piperidine rings is 1. The Kier molecular flexibility index (Phi) is 7.07. The van der Waals surface area contributed by atoms with Crippen LogP contribution in [0.2, 0.25) is 0 Å². The maximum Gasteiger partial charge on any atom is 0.407 e. The minimum Gasteiger partial charge on any atom is -0.497 e. The second kappa shape index (κ2) is 9.08. The van der Waals surface area contributed by atoms with Crippen LogP contribution >= 0.6 is 0 Å². The summed E-state index contributed by atoms with van der Waals surface area (Å²) in [7, 11) is 3.23. The average Bonchev–Trinajstić information content (AvgIpc) is 2.59. The Morgan fingerprint density at radius 2 is 1.89 bits per heavy atom. The minimum atomic E-state index is -0.594. The smallest absolute Gasteiger partial charge is 0.407 e. The van der Waals surface area contributed by atoms with E-state index >= 15 is 0 Å². The van der Waals surface area contributed by atoms with Crippen LogP contribution in [0.25, 0.3) is 0 Å². The minimum absolute atomic E-state index is 0.00197. The molecule has 0 aromatic heterocycles. The fraction of sp³-hybridized carbons (Fsp3) is 0.600. The lowest BCUT2D eigenvalue weighted by molar-refractivity contribution is -0.135. The number of nitrogens with one attached hydrogen (secondary N) is 1. The van der Waals surface area contributed by atoms with E-state index < -0.39 is 11.7 Å². The van der Waals surface area contributed by atoms with Crippen LogP contribution in [0.15, 0.2) is 24.3 Å². The summed E-state index contributed by atoms with van der Waals surface area (Å²) in [6.45, 7) is 6.95. The third-order valence-corrected chi connectivity index (χ3v) is 4.46. The molecule has 1 aliphatic heterocycles. The molecule has 1 saturated heterocycles. The van der Waals surface area contributed by atoms with Gasteiger partial charge in [0.15, 0.2) is 0 Å². The Bertz CT molecular complexity index is 639. The quantitative estimate of drug-likeness (QED) is 0.823. The molecule has 1 aromatic carbocycles. The SMILES string of the molecule is COCCN1CC(c2ccc(OC)cc2)C(NC(=O)OC(C)(C)C)CC1=O. The Morgan fingerprint density at radius 1 is 1.22 bits per heavy atom. The fourth-order valence-electron chi connectivity index (χ4n) is 3.14. The third-order valence-electron chi connectivity index (χ3n) is 4.46. The highest BCUT2D eigenvalue weighted by Gasteiger charge is 2.36. The van der Waals surface area contributed by atoms with Gasteiger partial charge < -0.3 is 24.4 Å². The number of methoxy groups -OCH3 is 2. The van der Waals surface area contributed by atoms with Gasteiger partial charge in [-0.25, -0.2) is 4.79 Å². The number of amides is 2. The van der Waals surface area contributed by atoms with Gasteiger partial charge in [0.05, 0.1) is 13.7 Å². The van der Waals surface area contributed by atoms with Crippen LogP contribution in [0.4, 0.5) is 4.79 Å². The van der Waals surface area contributed by atoms with Gasteiger partial charge in [-0.1, -0.05) is 12.1 Å². The van der Waals surface area contributed by atoms with E-state index in [-0.39, 0.29) is 24.3 Å². The molecule has 150 valence electrons. The molecular formula is C20H30N2O5. The molecule has 27 heavy (non-hydrogen) atoms. The molecule has 0 radical (unpaired) electrons. The molecule has 1 aliphatic rings. The molecule has 1 fully saturated rings. The van der Waals surface area contributed by atoms with Crippen LogP contribution in [-0.2, 0) is 14.3 Å². The predicted octanol–water partition coefficient (Wildman–Crippen LogP) is 2.55. The van der Waals surface area contributed by atoms with Gasteiger partial charge in [-0.2, -0.15) is 0 Å². The van der Waals surface area contributed by atoms with Crippen molar-refractivity contribution in [3.8, 4) is 5.75 Å². The van der Waals surface area contributed by atoms with Gasteiger partial charge in [0.25, 0.3) is 0 Å². The van der Waals surface area contributed by atoms with Crippen molar-refractivity contribution in [1.29, 1.82) is 0 Å². The predicted molar refractivity (Wildman–Crippen MR) is 102 cm³/mol. The average molecular weight is 378 g/mol. The molecule has 2 rings (SSSR count). The van der Waals surface area contributed by atoms with Crippen molar-refractivity contribution in [2.24, 2.45) is 0 Å². The van der Waals surface area contributed by atoms with Crippen molar-refractivity contribution in [2.75, 3.05) is 33.9 Å². The summed E-state index contributed by atoms with van der Waals surface area (Å²) in [5.74, 6) is 0.717. The van der Waals surface area contributed by atoms with E-state index in [1.807, 2.05) is 45.0 Å². The molecule has 2 atom stereocenters. The van der Waals surface area contributed by atoms with E-state index in [1.165, 1.54) is 0 Å². The maximum atomic E-state index is 12.5. The Hall–Kier alpha value is -2.28. The fourth-order valence-corrected chi connectivity index (χ4v) is 3.14. The normalized spacial score (nSPS) is 20.3. The van der Waals surface area contributed by atoms with Crippen molar-refractivity contribution in [2.45, 2.75) is 44.8 Å². The number of likely N-dealkylation sites (tertiary alicyclic amines) is 1. The van der Waals surface area contributed by atoms with Crippen molar-refractivity contribution in [1.82, 2.24) is 10.2 Å². The molecule has 7 heteroatoms. The molecule has 0 aliphatic carbocycles. The molecule has 2 unspecified atom stereocenters.